The maximum atomic E-state index is 14.7. The fourth-order valence-corrected chi connectivity index (χ4v) is 7.76. The second-order valence-corrected chi connectivity index (χ2v) is 11.0. The highest BCUT2D eigenvalue weighted by Crippen LogP contribution is 2.58. The third-order valence-electron chi connectivity index (χ3n) is 9.52. The van der Waals surface area contributed by atoms with Gasteiger partial charge in [-0.25, -0.2) is 0 Å². The van der Waals surface area contributed by atoms with Crippen LogP contribution in [0.15, 0.2) is 0 Å². The topological polar surface area (TPSA) is 69.1 Å². The van der Waals surface area contributed by atoms with E-state index in [0.717, 1.165) is 51.4 Å². The molecule has 28 heavy (non-hydrogen) atoms. The molecule has 0 unspecified atom stereocenters. The molecule has 4 saturated carbocycles. The summed E-state index contributed by atoms with van der Waals surface area (Å²) in [6.45, 7) is 0. The van der Waals surface area contributed by atoms with Crippen molar-refractivity contribution < 1.29 is 4.79 Å². The quantitative estimate of drug-likeness (QED) is 0.669. The van der Waals surface area contributed by atoms with E-state index in [-0.39, 0.29) is 10.8 Å². The molecular weight excluding hydrogens is 344 g/mol. The van der Waals surface area contributed by atoms with Crippen molar-refractivity contribution in [2.45, 2.75) is 128 Å². The summed E-state index contributed by atoms with van der Waals surface area (Å²) in [5.41, 5.74) is 12.5. The van der Waals surface area contributed by atoms with Crippen molar-refractivity contribution in [3.05, 3.63) is 0 Å². The van der Waals surface area contributed by atoms with E-state index in [4.69, 9.17) is 11.5 Å². The Morgan fingerprint density at radius 1 is 0.536 bits per heavy atom. The van der Waals surface area contributed by atoms with Crippen LogP contribution in [0.3, 0.4) is 0 Å². The maximum absolute atomic E-state index is 14.7. The molecule has 4 fully saturated rings. The van der Waals surface area contributed by atoms with Crippen LogP contribution in [-0.4, -0.2) is 17.9 Å². The molecule has 3 heteroatoms. The highest BCUT2D eigenvalue weighted by atomic mass is 16.1. The van der Waals surface area contributed by atoms with Crippen LogP contribution < -0.4 is 11.5 Å². The lowest BCUT2D eigenvalue weighted by Crippen LogP contribution is -2.55. The average molecular weight is 389 g/mol. The summed E-state index contributed by atoms with van der Waals surface area (Å²) in [5.74, 6) is 1.95. The Labute approximate surface area is 172 Å². The molecule has 0 spiro atoms. The number of ketones is 1. The molecule has 0 amide bonds. The van der Waals surface area contributed by atoms with Gasteiger partial charge >= 0.3 is 0 Å². The number of nitrogens with two attached hydrogens (primary N) is 2. The number of Topliss-reactive ketones (excluding diaryl/α,β-unsaturated/α-hetero) is 1. The monoisotopic (exact) mass is 388 g/mol. The lowest BCUT2D eigenvalue weighted by Gasteiger charge is -2.54. The zero-order valence-corrected chi connectivity index (χ0v) is 18.1. The van der Waals surface area contributed by atoms with E-state index < -0.39 is 0 Å². The predicted molar refractivity (Wildman–Crippen MR) is 116 cm³/mol. The standard InChI is InChI=1S/C25H44N2O/c26-21-11-15-24(16-12-21,19-7-3-1-4-8-19)23(28)25(17-13-22(27)14-18-25)20-9-5-2-6-10-20/h19-22H,1-18,26-27H2. The first-order valence-corrected chi connectivity index (χ1v) is 12.6. The molecular formula is C25H44N2O. The van der Waals surface area contributed by atoms with Crippen LogP contribution in [-0.2, 0) is 4.79 Å². The Balaban J connectivity index is 1.67. The van der Waals surface area contributed by atoms with Crippen molar-refractivity contribution in [2.75, 3.05) is 0 Å². The van der Waals surface area contributed by atoms with Crippen LogP contribution in [0.1, 0.15) is 116 Å². The maximum Gasteiger partial charge on any atom is 0.145 e. The van der Waals surface area contributed by atoms with E-state index in [1.54, 1.807) is 0 Å². The molecule has 0 aromatic rings. The zero-order chi connectivity index (χ0) is 19.6. The Bertz CT molecular complexity index is 471. The zero-order valence-electron chi connectivity index (χ0n) is 18.1. The van der Waals surface area contributed by atoms with Crippen molar-refractivity contribution >= 4 is 5.78 Å². The van der Waals surface area contributed by atoms with Gasteiger partial charge in [-0.2, -0.15) is 0 Å². The molecule has 4 N–H and O–H groups in total. The smallest absolute Gasteiger partial charge is 0.145 e. The van der Waals surface area contributed by atoms with E-state index >= 15 is 0 Å². The van der Waals surface area contributed by atoms with Crippen molar-refractivity contribution in [3.63, 3.8) is 0 Å². The van der Waals surface area contributed by atoms with Crippen LogP contribution in [0.2, 0.25) is 0 Å². The number of carbonyl (C=O) groups excluding carboxylic acids is 1. The summed E-state index contributed by atoms with van der Waals surface area (Å²) in [5, 5.41) is 0. The summed E-state index contributed by atoms with van der Waals surface area (Å²) in [6.07, 6.45) is 21.7. The normalized spacial score (nSPS) is 41.6. The van der Waals surface area contributed by atoms with Gasteiger partial charge in [0.05, 0.1) is 0 Å². The molecule has 160 valence electrons. The number of rotatable bonds is 4. The van der Waals surface area contributed by atoms with Crippen molar-refractivity contribution in [2.24, 2.45) is 34.1 Å². The summed E-state index contributed by atoms with van der Waals surface area (Å²) >= 11 is 0. The average Bonchev–Trinajstić information content (AvgIpc) is 2.76. The molecule has 0 aliphatic heterocycles. The largest absolute Gasteiger partial charge is 0.328 e. The molecule has 3 nitrogen and oxygen atoms in total. The number of hydrogen-bond acceptors (Lipinski definition) is 3. The van der Waals surface area contributed by atoms with Crippen LogP contribution in [0.25, 0.3) is 0 Å². The molecule has 4 aliphatic carbocycles. The predicted octanol–water partition coefficient (Wildman–Crippen LogP) is 5.49. The first-order valence-electron chi connectivity index (χ1n) is 12.6. The molecule has 0 bridgehead atoms. The summed E-state index contributed by atoms with van der Waals surface area (Å²) in [6, 6.07) is 0.629. The Hall–Kier alpha value is -0.410. The Kier molecular flexibility index (Phi) is 6.52. The minimum Gasteiger partial charge on any atom is -0.328 e. The molecule has 0 saturated heterocycles. The van der Waals surface area contributed by atoms with Gasteiger partial charge in [-0.3, -0.25) is 4.79 Å². The molecule has 0 heterocycles. The fourth-order valence-electron chi connectivity index (χ4n) is 7.76. The van der Waals surface area contributed by atoms with Crippen LogP contribution in [0.4, 0.5) is 0 Å². The van der Waals surface area contributed by atoms with Gasteiger partial charge in [0.15, 0.2) is 0 Å². The van der Waals surface area contributed by atoms with Gasteiger partial charge < -0.3 is 11.5 Å². The minimum absolute atomic E-state index is 0.0603. The van der Waals surface area contributed by atoms with Gasteiger partial charge in [0.2, 0.25) is 0 Å². The third-order valence-corrected chi connectivity index (χ3v) is 9.52. The summed E-state index contributed by atoms with van der Waals surface area (Å²) in [4.78, 5) is 14.7. The lowest BCUT2D eigenvalue weighted by molar-refractivity contribution is -0.154. The van der Waals surface area contributed by atoms with Gasteiger partial charge in [-0.1, -0.05) is 38.5 Å². The van der Waals surface area contributed by atoms with Gasteiger partial charge in [-0.05, 0) is 88.9 Å². The van der Waals surface area contributed by atoms with Crippen molar-refractivity contribution in [3.8, 4) is 0 Å². The minimum atomic E-state index is -0.0603. The molecule has 0 aromatic heterocycles. The molecule has 0 aromatic carbocycles. The van der Waals surface area contributed by atoms with E-state index in [0.29, 0.717) is 29.7 Å². The molecule has 4 rings (SSSR count). The first-order chi connectivity index (χ1) is 13.6. The summed E-state index contributed by atoms with van der Waals surface area (Å²) in [7, 11) is 0. The van der Waals surface area contributed by atoms with E-state index in [9.17, 15) is 4.79 Å². The third kappa shape index (κ3) is 3.83. The van der Waals surface area contributed by atoms with E-state index in [2.05, 4.69) is 0 Å². The first kappa shape index (κ1) is 20.8. The lowest BCUT2D eigenvalue weighted by atomic mass is 9.49. The van der Waals surface area contributed by atoms with Crippen LogP contribution in [0.5, 0.6) is 0 Å². The van der Waals surface area contributed by atoms with Crippen LogP contribution in [0, 0.1) is 22.7 Å². The Morgan fingerprint density at radius 3 is 1.18 bits per heavy atom. The molecule has 0 radical (unpaired) electrons. The second-order valence-electron chi connectivity index (χ2n) is 11.0. The van der Waals surface area contributed by atoms with Crippen molar-refractivity contribution in [1.29, 1.82) is 0 Å². The SMILES string of the molecule is NC1CCC(C(=O)C2(C3CCCCC3)CCC(N)CC2)(C2CCCCC2)CC1. The highest BCUT2D eigenvalue weighted by molar-refractivity contribution is 5.91. The van der Waals surface area contributed by atoms with Crippen molar-refractivity contribution in [1.82, 2.24) is 0 Å². The second kappa shape index (κ2) is 8.76. The highest BCUT2D eigenvalue weighted by Gasteiger charge is 2.57. The molecule has 4 aliphatic rings. The number of hydrogen-bond donors (Lipinski definition) is 2. The molecule has 0 atom stereocenters. The number of carbonyl (C=O) groups is 1. The fraction of sp³-hybridized carbons (Fsp3) is 0.960. The van der Waals surface area contributed by atoms with E-state index in [1.165, 1.54) is 64.2 Å². The van der Waals surface area contributed by atoms with Gasteiger partial charge in [0, 0.05) is 22.9 Å². The van der Waals surface area contributed by atoms with Crippen LogP contribution >= 0.6 is 0 Å². The van der Waals surface area contributed by atoms with E-state index in [1.807, 2.05) is 0 Å². The van der Waals surface area contributed by atoms with Gasteiger partial charge in [0.1, 0.15) is 5.78 Å². The Morgan fingerprint density at radius 2 is 0.857 bits per heavy atom. The van der Waals surface area contributed by atoms with Gasteiger partial charge in [-0.15, -0.1) is 0 Å². The van der Waals surface area contributed by atoms with Gasteiger partial charge in [0.25, 0.3) is 0 Å². The summed E-state index contributed by atoms with van der Waals surface area (Å²) < 4.78 is 0.